The van der Waals surface area contributed by atoms with Crippen molar-refractivity contribution in [2.45, 2.75) is 119 Å². The molecule has 584 valence electrons. The zero-order valence-corrected chi connectivity index (χ0v) is 67.5. The molecule has 4 heterocycles. The van der Waals surface area contributed by atoms with E-state index in [1.54, 1.807) is 46.8 Å². The van der Waals surface area contributed by atoms with Crippen molar-refractivity contribution in [1.29, 1.82) is 0 Å². The predicted molar refractivity (Wildman–Crippen MR) is 426 cm³/mol. The van der Waals surface area contributed by atoms with Crippen molar-refractivity contribution >= 4 is 95.0 Å². The van der Waals surface area contributed by atoms with Gasteiger partial charge in [0, 0.05) is 112 Å². The Balaban J connectivity index is 0.643. The van der Waals surface area contributed by atoms with Gasteiger partial charge in [-0.3, -0.25) is 33.8 Å². The molecule has 27 heteroatoms. The molecule has 3 fully saturated rings. The van der Waals surface area contributed by atoms with Crippen molar-refractivity contribution in [3.63, 3.8) is 0 Å². The predicted octanol–water partition coefficient (Wildman–Crippen LogP) is 9.72. The lowest BCUT2D eigenvalue weighted by atomic mass is 9.71. The van der Waals surface area contributed by atoms with E-state index < -0.39 is 72.5 Å². The minimum Gasteiger partial charge on any atom is -0.391 e. The fourth-order valence-electron chi connectivity index (χ4n) is 14.8. The van der Waals surface area contributed by atoms with Crippen LogP contribution in [0, 0.1) is 23.7 Å². The minimum absolute atomic E-state index is 0.0147. The largest absolute Gasteiger partial charge is 0.391 e. The molecule has 3 aliphatic heterocycles. The molecule has 4 amide bonds. The van der Waals surface area contributed by atoms with Gasteiger partial charge in [0.1, 0.15) is 31.1 Å². The van der Waals surface area contributed by atoms with Crippen molar-refractivity contribution in [2.75, 3.05) is 148 Å². The third kappa shape index (κ3) is 23.8. The molecule has 22 nitrogen and oxygen atoms in total. The number of aliphatic hydroxyl groups is 1. The maximum absolute atomic E-state index is 14.2. The Hall–Kier alpha value is -6.92. The molecule has 5 aromatic carbocycles. The summed E-state index contributed by atoms with van der Waals surface area (Å²) >= 11 is 9.67. The number of likely N-dealkylation sites (N-methyl/N-ethyl adjacent to an activating group) is 1. The number of thioether (sulfide) groups is 1. The monoisotopic (exact) mass is 1580 g/mol. The summed E-state index contributed by atoms with van der Waals surface area (Å²) in [5.74, 6) is -2.26. The number of hydrogen-bond donors (Lipinski definition) is 4. The normalized spacial score (nSPS) is 19.3. The molecule has 0 radical (unpaired) electrons. The van der Waals surface area contributed by atoms with Crippen LogP contribution < -0.4 is 20.9 Å². The summed E-state index contributed by atoms with van der Waals surface area (Å²) in [6.45, 7) is 20.6. The highest BCUT2D eigenvalue weighted by atomic mass is 35.5. The van der Waals surface area contributed by atoms with Crippen LogP contribution in [0.15, 0.2) is 147 Å². The average Bonchev–Trinajstić information content (AvgIpc) is 1.25. The lowest BCUT2D eigenvalue weighted by Crippen LogP contribution is -2.58. The Morgan fingerprint density at radius 1 is 0.843 bits per heavy atom. The number of amides is 4. The van der Waals surface area contributed by atoms with Crippen LogP contribution in [0.25, 0.3) is 16.0 Å². The smallest absolute Gasteiger partial charge is 0.246 e. The number of halogens is 1. The fraction of sp³-hybridized carbons (Fsp3) is 0.506. The summed E-state index contributed by atoms with van der Waals surface area (Å²) in [6, 6.07) is 35.0. The topological polar surface area (TPSA) is 267 Å². The summed E-state index contributed by atoms with van der Waals surface area (Å²) in [5, 5.41) is 20.2. The Morgan fingerprint density at radius 3 is 2.18 bits per heavy atom. The second kappa shape index (κ2) is 38.3. The summed E-state index contributed by atoms with van der Waals surface area (Å²) in [6.07, 6.45) is 4.25. The molecule has 6 aromatic rings. The first-order chi connectivity index (χ1) is 51.5. The number of Topliss-reactive ketones (excluding diaryl/α,β-unsaturated/α-hetero) is 1. The quantitative estimate of drug-likeness (QED) is 0.0164. The molecule has 1 aromatic heterocycles. The van der Waals surface area contributed by atoms with Crippen LogP contribution in [-0.2, 0) is 59.5 Å². The molecule has 0 spiro atoms. The number of benzene rings is 5. The van der Waals surface area contributed by atoms with Crippen LogP contribution in [0.4, 0.5) is 5.69 Å². The van der Waals surface area contributed by atoms with Gasteiger partial charge in [-0.2, -0.15) is 0 Å². The first-order valence-electron chi connectivity index (χ1n) is 37.3. The lowest BCUT2D eigenvalue weighted by molar-refractivity contribution is -0.144. The van der Waals surface area contributed by atoms with Crippen LogP contribution in [0.5, 0.6) is 0 Å². The van der Waals surface area contributed by atoms with Gasteiger partial charge in [0.05, 0.1) is 64.4 Å². The molecular formula is C81H106ClN9O13S4. The summed E-state index contributed by atoms with van der Waals surface area (Å²) in [5.41, 5.74) is 9.46. The SMILES string of the molecule is Cc1ncsc1-c1ccc([C@H](C)NC(=O)[C@@H]2C[C@@H](O)CN2C(=O)[C@@H](NC(=O)COCCOCC(=O)NCCN(C)CC2(C)CCC(c3ccc(Cl)cc3)=C(CN3CCN(c4ccc(C(=O)CS(=O)(=O)c5ccc(C[C@H](CCN6CCOCC6)CSc6ccccc6)c(S(C)(=O)=O)c5)cc4)CC3)C2)C(C)(C)C)cc1. The van der Waals surface area contributed by atoms with Gasteiger partial charge in [0.2, 0.25) is 23.6 Å². The number of sulfone groups is 2. The highest BCUT2D eigenvalue weighted by Gasteiger charge is 2.45. The highest BCUT2D eigenvalue weighted by Crippen LogP contribution is 2.44. The number of thiazole rings is 1. The molecule has 1 aliphatic carbocycles. The number of allylic oxidation sites excluding steroid dienone is 1. The number of aromatic nitrogens is 1. The number of carbonyl (C=O) groups is 5. The number of piperazine rings is 1. The number of carbonyl (C=O) groups excluding carboxylic acids is 5. The van der Waals surface area contributed by atoms with Gasteiger partial charge in [-0.15, -0.1) is 23.1 Å². The highest BCUT2D eigenvalue weighted by molar-refractivity contribution is 7.99. The molecule has 0 bridgehead atoms. The molecule has 4 N–H and O–H groups in total. The average molecular weight is 1580 g/mol. The number of nitrogens with one attached hydrogen (secondary N) is 3. The Morgan fingerprint density at radius 2 is 1.52 bits per heavy atom. The number of nitrogens with zero attached hydrogens (tertiary/aromatic N) is 6. The van der Waals surface area contributed by atoms with E-state index in [1.165, 1.54) is 28.2 Å². The first-order valence-corrected chi connectivity index (χ1v) is 43.1. The van der Waals surface area contributed by atoms with Crippen molar-refractivity contribution in [3.05, 3.63) is 165 Å². The van der Waals surface area contributed by atoms with Gasteiger partial charge in [-0.1, -0.05) is 106 Å². The third-order valence-electron chi connectivity index (χ3n) is 20.8. The zero-order valence-electron chi connectivity index (χ0n) is 63.4. The van der Waals surface area contributed by atoms with Crippen molar-refractivity contribution in [3.8, 4) is 10.4 Å². The van der Waals surface area contributed by atoms with Crippen LogP contribution in [-0.4, -0.2) is 237 Å². The van der Waals surface area contributed by atoms with E-state index in [1.807, 2.05) is 101 Å². The van der Waals surface area contributed by atoms with Crippen molar-refractivity contribution in [1.82, 2.24) is 40.5 Å². The molecule has 0 saturated carbocycles. The number of morpholine rings is 1. The van der Waals surface area contributed by atoms with Crippen molar-refractivity contribution in [2.24, 2.45) is 16.7 Å². The number of β-amino-alcohol motifs (C(OH)–C–C–N with tert-alkyl or cyclic N) is 1. The first kappa shape index (κ1) is 83.5. The Bertz CT molecular complexity index is 4300. The Labute approximate surface area is 650 Å². The zero-order chi connectivity index (χ0) is 77.3. The number of anilines is 1. The van der Waals surface area contributed by atoms with E-state index in [2.05, 4.69) is 78.8 Å². The fourth-order valence-corrected chi connectivity index (χ4v) is 19.1. The maximum atomic E-state index is 14.2. The van der Waals surface area contributed by atoms with Crippen LogP contribution in [0.3, 0.4) is 0 Å². The van der Waals surface area contributed by atoms with Gasteiger partial charge in [0.15, 0.2) is 25.5 Å². The number of rotatable bonds is 35. The van der Waals surface area contributed by atoms with Crippen LogP contribution in [0.1, 0.15) is 106 Å². The number of ketones is 1. The van der Waals surface area contributed by atoms with E-state index in [0.29, 0.717) is 43.3 Å². The number of ether oxygens (including phenoxy) is 3. The molecule has 10 rings (SSSR count). The van der Waals surface area contributed by atoms with Crippen molar-refractivity contribution < 1.29 is 60.1 Å². The molecule has 108 heavy (non-hydrogen) atoms. The maximum Gasteiger partial charge on any atom is 0.246 e. The Kier molecular flexibility index (Phi) is 29.7. The molecule has 1 unspecified atom stereocenters. The summed E-state index contributed by atoms with van der Waals surface area (Å²) in [4.78, 5) is 85.0. The third-order valence-corrected chi connectivity index (χ3v) is 26.0. The van der Waals surface area contributed by atoms with Crippen LogP contribution >= 0.6 is 34.7 Å². The second-order valence-electron chi connectivity index (χ2n) is 30.6. The summed E-state index contributed by atoms with van der Waals surface area (Å²) < 4.78 is 71.5. The second-order valence-corrected chi connectivity index (χ2v) is 37.0. The molecule has 4 aliphatic rings. The molecule has 3 saturated heterocycles. The van der Waals surface area contributed by atoms with Crippen LogP contribution in [0.2, 0.25) is 5.02 Å². The van der Waals surface area contributed by atoms with E-state index in [9.17, 15) is 45.9 Å². The number of aryl methyl sites for hydroxylation is 1. The van der Waals surface area contributed by atoms with E-state index in [0.717, 1.165) is 134 Å². The lowest BCUT2D eigenvalue weighted by Gasteiger charge is -2.42. The van der Waals surface area contributed by atoms with E-state index in [4.69, 9.17) is 25.8 Å². The van der Waals surface area contributed by atoms with Gasteiger partial charge < -0.3 is 50.0 Å². The van der Waals surface area contributed by atoms with Gasteiger partial charge in [0.25, 0.3) is 0 Å². The molecule has 6 atom stereocenters. The minimum atomic E-state index is -4.23. The van der Waals surface area contributed by atoms with E-state index >= 15 is 0 Å². The number of aliphatic hydroxyl groups excluding tert-OH is 1. The van der Waals surface area contributed by atoms with Gasteiger partial charge in [-0.25, -0.2) is 21.8 Å². The number of likely N-dealkylation sites (tertiary alicyclic amines) is 1. The number of hydrogen-bond acceptors (Lipinski definition) is 20. The van der Waals surface area contributed by atoms with E-state index in [-0.39, 0.29) is 78.0 Å². The van der Waals surface area contributed by atoms with Gasteiger partial charge in [-0.05, 0) is 165 Å². The standard InChI is InChI=1S/C81H106ClN9O13S4/c1-56(59-14-16-62(17-15-59)76-57(2)84-55-106-76)85-78(96)71-45-67(92)49-91(71)79(97)77(80(3,4)5)86-75(95)51-104-43-42-103-50-74(94)83-31-33-87(7)54-81(6)30-28-70(60-18-23-65(82)24-19-60)64(47-81)48-89-34-36-90(37-35-89)66-25-20-61(21-26-66)72(93)53-108(100,101)69-27-22-63(73(46-69)107(8,98)99)44-58(29-32-88-38-40-102-41-39-88)52-105-68-12-10-9-11-13-68/h9-27,46,55-56,58,67,71,77,92H,28-45,47-54H2,1-8H3,(H,83,94)(H,85,96)(H,86,95)/t56-,58-,67+,71-,77+,81?/m0/s1. The van der Waals surface area contributed by atoms with Gasteiger partial charge >= 0.3 is 0 Å². The molecular weight excluding hydrogens is 1470 g/mol. The summed E-state index contributed by atoms with van der Waals surface area (Å²) in [7, 11) is -6.01.